The van der Waals surface area contributed by atoms with Crippen LogP contribution in [0.25, 0.3) is 0 Å². The van der Waals surface area contributed by atoms with Crippen LogP contribution in [0.4, 0.5) is 0 Å². The third-order valence-electron chi connectivity index (χ3n) is 4.11. The Morgan fingerprint density at radius 3 is 2.84 bits per heavy atom. The highest BCUT2D eigenvalue weighted by Crippen LogP contribution is 2.22. The van der Waals surface area contributed by atoms with Crippen molar-refractivity contribution in [1.29, 1.82) is 0 Å². The lowest BCUT2D eigenvalue weighted by Gasteiger charge is -2.28. The number of ether oxygens (including phenoxy) is 2. The van der Waals surface area contributed by atoms with Gasteiger partial charge in [0, 0.05) is 39.3 Å². The number of nitrogens with zero attached hydrogens (tertiary/aromatic N) is 1. The first-order valence-electron chi connectivity index (χ1n) is 7.60. The summed E-state index contributed by atoms with van der Waals surface area (Å²) >= 11 is 0. The van der Waals surface area contributed by atoms with Gasteiger partial charge in [0.15, 0.2) is 0 Å². The van der Waals surface area contributed by atoms with Crippen molar-refractivity contribution in [2.75, 3.05) is 52.5 Å². The average Bonchev–Trinajstić information content (AvgIpc) is 2.87. The Hall–Kier alpha value is -0.200. The SMILES string of the molecule is CCC1OCCC1CNCC(O)CN1CCOCC1. The highest BCUT2D eigenvalue weighted by atomic mass is 16.5. The Balaban J connectivity index is 1.56. The molecule has 0 aliphatic carbocycles. The molecule has 5 heteroatoms. The summed E-state index contributed by atoms with van der Waals surface area (Å²) in [5.41, 5.74) is 0. The molecule has 0 spiro atoms. The third kappa shape index (κ3) is 5.00. The van der Waals surface area contributed by atoms with E-state index in [0.29, 0.717) is 18.6 Å². The zero-order chi connectivity index (χ0) is 13.5. The summed E-state index contributed by atoms with van der Waals surface area (Å²) in [5.74, 6) is 0.612. The van der Waals surface area contributed by atoms with E-state index in [-0.39, 0.29) is 6.10 Å². The molecular formula is C14H28N2O3. The molecule has 2 fully saturated rings. The number of hydrogen-bond acceptors (Lipinski definition) is 5. The summed E-state index contributed by atoms with van der Waals surface area (Å²) in [7, 11) is 0. The fraction of sp³-hybridized carbons (Fsp3) is 1.00. The Labute approximate surface area is 116 Å². The van der Waals surface area contributed by atoms with Crippen molar-refractivity contribution in [2.24, 2.45) is 5.92 Å². The molecule has 2 saturated heterocycles. The standard InChI is InChI=1S/C14H28N2O3/c1-2-14-12(3-6-19-14)9-15-10-13(17)11-16-4-7-18-8-5-16/h12-15,17H,2-11H2,1H3. The number of hydrogen-bond donors (Lipinski definition) is 2. The summed E-state index contributed by atoms with van der Waals surface area (Å²) < 4.78 is 11.0. The maximum Gasteiger partial charge on any atom is 0.0791 e. The van der Waals surface area contributed by atoms with Crippen LogP contribution in [-0.4, -0.2) is 74.8 Å². The van der Waals surface area contributed by atoms with Crippen molar-refractivity contribution in [3.63, 3.8) is 0 Å². The minimum Gasteiger partial charge on any atom is -0.390 e. The lowest BCUT2D eigenvalue weighted by molar-refractivity contribution is 0.0145. The van der Waals surface area contributed by atoms with Crippen LogP contribution in [0.2, 0.25) is 0 Å². The first kappa shape index (κ1) is 15.2. The second-order valence-corrected chi connectivity index (χ2v) is 5.59. The molecule has 3 atom stereocenters. The van der Waals surface area contributed by atoms with Crippen LogP contribution in [-0.2, 0) is 9.47 Å². The van der Waals surface area contributed by atoms with Crippen molar-refractivity contribution < 1.29 is 14.6 Å². The zero-order valence-corrected chi connectivity index (χ0v) is 12.0. The second kappa shape index (κ2) is 8.17. The highest BCUT2D eigenvalue weighted by molar-refractivity contribution is 4.78. The number of β-amino-alcohol motifs (C(OH)–C–C–N with tert-alkyl or cyclic N) is 1. The molecule has 2 rings (SSSR count). The molecule has 112 valence electrons. The van der Waals surface area contributed by atoms with E-state index >= 15 is 0 Å². The Morgan fingerprint density at radius 2 is 2.11 bits per heavy atom. The molecule has 3 unspecified atom stereocenters. The van der Waals surface area contributed by atoms with Gasteiger partial charge in [0.25, 0.3) is 0 Å². The smallest absolute Gasteiger partial charge is 0.0791 e. The number of aliphatic hydroxyl groups excluding tert-OH is 1. The minimum absolute atomic E-state index is 0.291. The molecule has 0 bridgehead atoms. The van der Waals surface area contributed by atoms with E-state index in [1.807, 2.05) is 0 Å². The fourth-order valence-corrected chi connectivity index (χ4v) is 2.96. The topological polar surface area (TPSA) is 54.0 Å². The van der Waals surface area contributed by atoms with Crippen molar-refractivity contribution in [1.82, 2.24) is 10.2 Å². The van der Waals surface area contributed by atoms with Crippen molar-refractivity contribution in [3.05, 3.63) is 0 Å². The third-order valence-corrected chi connectivity index (χ3v) is 4.11. The minimum atomic E-state index is -0.291. The molecular weight excluding hydrogens is 244 g/mol. The van der Waals surface area contributed by atoms with Crippen LogP contribution in [0, 0.1) is 5.92 Å². The number of morpholine rings is 1. The summed E-state index contributed by atoms with van der Waals surface area (Å²) in [6.45, 7) is 8.89. The van der Waals surface area contributed by atoms with Gasteiger partial charge in [-0.05, 0) is 18.8 Å². The monoisotopic (exact) mass is 272 g/mol. The van der Waals surface area contributed by atoms with Crippen LogP contribution in [0.3, 0.4) is 0 Å². The van der Waals surface area contributed by atoms with Crippen LogP contribution < -0.4 is 5.32 Å². The van der Waals surface area contributed by atoms with Crippen LogP contribution in [0.5, 0.6) is 0 Å². The largest absolute Gasteiger partial charge is 0.390 e. The van der Waals surface area contributed by atoms with Crippen LogP contribution >= 0.6 is 0 Å². The van der Waals surface area contributed by atoms with Crippen LogP contribution in [0.15, 0.2) is 0 Å². The van der Waals surface area contributed by atoms with Crippen molar-refractivity contribution >= 4 is 0 Å². The van der Waals surface area contributed by atoms with Crippen molar-refractivity contribution in [2.45, 2.75) is 32.0 Å². The molecule has 2 heterocycles. The predicted octanol–water partition coefficient (Wildman–Crippen LogP) is 0.0842. The van der Waals surface area contributed by atoms with E-state index in [1.165, 1.54) is 0 Å². The molecule has 0 aromatic carbocycles. The maximum atomic E-state index is 10.0. The van der Waals surface area contributed by atoms with Gasteiger partial charge in [-0.25, -0.2) is 0 Å². The van der Waals surface area contributed by atoms with E-state index in [9.17, 15) is 5.11 Å². The highest BCUT2D eigenvalue weighted by Gasteiger charge is 2.26. The predicted molar refractivity (Wildman–Crippen MR) is 74.3 cm³/mol. The second-order valence-electron chi connectivity index (χ2n) is 5.59. The van der Waals surface area contributed by atoms with E-state index in [1.54, 1.807) is 0 Å². The van der Waals surface area contributed by atoms with Gasteiger partial charge in [-0.1, -0.05) is 6.92 Å². The van der Waals surface area contributed by atoms with Crippen LogP contribution in [0.1, 0.15) is 19.8 Å². The maximum absolute atomic E-state index is 10.0. The van der Waals surface area contributed by atoms with Gasteiger partial charge in [-0.15, -0.1) is 0 Å². The summed E-state index contributed by atoms with van der Waals surface area (Å²) in [6, 6.07) is 0. The molecule has 5 nitrogen and oxygen atoms in total. The molecule has 0 aromatic rings. The molecule has 0 amide bonds. The van der Waals surface area contributed by atoms with Gasteiger partial charge in [-0.3, -0.25) is 4.90 Å². The normalized spacial score (nSPS) is 30.6. The lowest BCUT2D eigenvalue weighted by atomic mass is 10.00. The summed E-state index contributed by atoms with van der Waals surface area (Å²) in [6.07, 6.45) is 2.35. The number of aliphatic hydroxyl groups is 1. The summed E-state index contributed by atoms with van der Waals surface area (Å²) in [5, 5.41) is 13.4. The Kier molecular flexibility index (Phi) is 6.53. The Bertz CT molecular complexity index is 247. The van der Waals surface area contributed by atoms with E-state index in [0.717, 1.165) is 58.8 Å². The summed E-state index contributed by atoms with van der Waals surface area (Å²) in [4.78, 5) is 2.27. The molecule has 2 aliphatic heterocycles. The van der Waals surface area contributed by atoms with Crippen molar-refractivity contribution in [3.8, 4) is 0 Å². The molecule has 2 aliphatic rings. The fourth-order valence-electron chi connectivity index (χ4n) is 2.96. The van der Waals surface area contributed by atoms with Gasteiger partial charge in [0.1, 0.15) is 0 Å². The van der Waals surface area contributed by atoms with E-state index in [4.69, 9.17) is 9.47 Å². The molecule has 0 radical (unpaired) electrons. The number of rotatable bonds is 7. The van der Waals surface area contributed by atoms with Gasteiger partial charge in [-0.2, -0.15) is 0 Å². The van der Waals surface area contributed by atoms with Gasteiger partial charge < -0.3 is 19.9 Å². The average molecular weight is 272 g/mol. The molecule has 2 N–H and O–H groups in total. The lowest BCUT2D eigenvalue weighted by Crippen LogP contribution is -2.44. The molecule has 19 heavy (non-hydrogen) atoms. The van der Waals surface area contributed by atoms with Gasteiger partial charge >= 0.3 is 0 Å². The first-order chi connectivity index (χ1) is 9.29. The van der Waals surface area contributed by atoms with Gasteiger partial charge in [0.05, 0.1) is 25.4 Å². The molecule has 0 aromatic heterocycles. The first-order valence-corrected chi connectivity index (χ1v) is 7.60. The number of nitrogens with one attached hydrogen (secondary N) is 1. The Morgan fingerprint density at radius 1 is 1.32 bits per heavy atom. The van der Waals surface area contributed by atoms with E-state index < -0.39 is 0 Å². The zero-order valence-electron chi connectivity index (χ0n) is 12.0. The quantitative estimate of drug-likeness (QED) is 0.688. The molecule has 0 saturated carbocycles. The van der Waals surface area contributed by atoms with Gasteiger partial charge in [0.2, 0.25) is 0 Å². The van der Waals surface area contributed by atoms with E-state index in [2.05, 4.69) is 17.1 Å².